The Balaban J connectivity index is 1.71. The predicted octanol–water partition coefficient (Wildman–Crippen LogP) is 2.52. The molecule has 3 amide bonds. The molecule has 10 N–H and O–H groups in total. The van der Waals surface area contributed by atoms with Crippen LogP contribution in [-0.4, -0.2) is 48.9 Å². The van der Waals surface area contributed by atoms with Crippen molar-refractivity contribution >= 4 is 29.4 Å². The Bertz CT molecular complexity index is 1020. The standard InChI is InChI=1S/C29H47N7O4/c30-22(12-7-15-34-29(32)33)27(38)36-24(16-19-8-3-1-4-9-19)28(39)35-23-14-13-21(26(31)37)17-25(23)40-18-20-10-5-2-6-11-20/h13-14,17,19-20,22,24H,1-12,15-16,18,30H2,(H2,31,37)(H,35,39)(H,36,38)(H4,32,33,34)/t22-,24-/m0/s1. The Morgan fingerprint density at radius 1 is 0.925 bits per heavy atom. The third kappa shape index (κ3) is 10.3. The van der Waals surface area contributed by atoms with Crippen LogP contribution in [0.1, 0.15) is 93.8 Å². The summed E-state index contributed by atoms with van der Waals surface area (Å²) < 4.78 is 6.13. The highest BCUT2D eigenvalue weighted by Gasteiger charge is 2.28. The zero-order chi connectivity index (χ0) is 28.9. The van der Waals surface area contributed by atoms with Gasteiger partial charge in [0.25, 0.3) is 0 Å². The first kappa shape index (κ1) is 31.2. The van der Waals surface area contributed by atoms with Crippen molar-refractivity contribution in [3.8, 4) is 5.75 Å². The number of nitrogens with one attached hydrogen (secondary N) is 2. The first-order valence-electron chi connectivity index (χ1n) is 14.7. The van der Waals surface area contributed by atoms with Crippen molar-refractivity contribution in [2.75, 3.05) is 18.5 Å². The molecule has 222 valence electrons. The van der Waals surface area contributed by atoms with E-state index in [4.69, 9.17) is 27.7 Å². The second-order valence-corrected chi connectivity index (χ2v) is 11.2. The number of ether oxygens (including phenoxy) is 1. The SMILES string of the molecule is NC(=O)c1ccc(NC(=O)[C@H](CC2CCCCC2)NC(=O)[C@@H](N)CCCN=C(N)N)c(OCC2CCCCC2)c1. The maximum Gasteiger partial charge on any atom is 0.248 e. The van der Waals surface area contributed by atoms with Crippen LogP contribution in [0.25, 0.3) is 0 Å². The van der Waals surface area contributed by atoms with Crippen LogP contribution >= 0.6 is 0 Å². The number of guanidine groups is 1. The molecule has 3 rings (SSSR count). The van der Waals surface area contributed by atoms with Crippen LogP contribution in [0.5, 0.6) is 5.75 Å². The predicted molar refractivity (Wildman–Crippen MR) is 157 cm³/mol. The van der Waals surface area contributed by atoms with E-state index in [2.05, 4.69) is 15.6 Å². The number of aliphatic imine (C=N–C) groups is 1. The van der Waals surface area contributed by atoms with Crippen molar-refractivity contribution in [2.24, 2.45) is 39.8 Å². The minimum absolute atomic E-state index is 0.00630. The molecule has 1 aromatic rings. The van der Waals surface area contributed by atoms with Gasteiger partial charge in [0, 0.05) is 12.1 Å². The molecule has 2 saturated carbocycles. The Labute approximate surface area is 237 Å². The van der Waals surface area contributed by atoms with Crippen LogP contribution in [0.3, 0.4) is 0 Å². The van der Waals surface area contributed by atoms with Crippen molar-refractivity contribution in [3.63, 3.8) is 0 Å². The molecule has 1 aromatic carbocycles. The number of amides is 3. The average Bonchev–Trinajstić information content (AvgIpc) is 2.95. The normalized spacial score (nSPS) is 17.8. The van der Waals surface area contributed by atoms with Crippen molar-refractivity contribution in [1.29, 1.82) is 0 Å². The van der Waals surface area contributed by atoms with Gasteiger partial charge < -0.3 is 38.3 Å². The number of nitrogens with two attached hydrogens (primary N) is 4. The molecule has 0 heterocycles. The van der Waals surface area contributed by atoms with E-state index in [1.165, 1.54) is 25.7 Å². The monoisotopic (exact) mass is 557 g/mol. The topological polar surface area (TPSA) is 201 Å². The summed E-state index contributed by atoms with van der Waals surface area (Å²) in [6.07, 6.45) is 12.7. The summed E-state index contributed by atoms with van der Waals surface area (Å²) in [7, 11) is 0. The largest absolute Gasteiger partial charge is 0.491 e. The van der Waals surface area contributed by atoms with Crippen molar-refractivity contribution in [3.05, 3.63) is 23.8 Å². The summed E-state index contributed by atoms with van der Waals surface area (Å²) in [6, 6.07) is 3.21. The van der Waals surface area contributed by atoms with Crippen LogP contribution in [0.15, 0.2) is 23.2 Å². The number of anilines is 1. The van der Waals surface area contributed by atoms with Gasteiger partial charge >= 0.3 is 0 Å². The van der Waals surface area contributed by atoms with Gasteiger partial charge in [-0.3, -0.25) is 19.4 Å². The molecule has 11 heteroatoms. The van der Waals surface area contributed by atoms with Gasteiger partial charge in [0.05, 0.1) is 18.3 Å². The molecule has 0 aliphatic heterocycles. The van der Waals surface area contributed by atoms with Crippen molar-refractivity contribution in [2.45, 2.75) is 95.6 Å². The van der Waals surface area contributed by atoms with Crippen LogP contribution in [0.4, 0.5) is 5.69 Å². The maximum atomic E-state index is 13.6. The molecular formula is C29H47N7O4. The van der Waals surface area contributed by atoms with Crippen molar-refractivity contribution in [1.82, 2.24) is 5.32 Å². The fourth-order valence-corrected chi connectivity index (χ4v) is 5.60. The molecule has 0 bridgehead atoms. The molecule has 40 heavy (non-hydrogen) atoms. The molecule has 0 spiro atoms. The molecule has 2 aliphatic rings. The lowest BCUT2D eigenvalue weighted by atomic mass is 9.84. The quantitative estimate of drug-likeness (QED) is 0.114. The minimum atomic E-state index is -0.792. The first-order valence-corrected chi connectivity index (χ1v) is 14.7. The van der Waals surface area contributed by atoms with Crippen molar-refractivity contribution < 1.29 is 19.1 Å². The van der Waals surface area contributed by atoms with E-state index in [1.807, 2.05) is 0 Å². The molecule has 0 radical (unpaired) electrons. The van der Waals surface area contributed by atoms with Gasteiger partial charge in [0.2, 0.25) is 17.7 Å². The van der Waals surface area contributed by atoms with E-state index in [9.17, 15) is 14.4 Å². The van der Waals surface area contributed by atoms with Crippen LogP contribution < -0.4 is 38.3 Å². The highest BCUT2D eigenvalue weighted by atomic mass is 16.5. The Kier molecular flexibility index (Phi) is 12.5. The molecule has 0 aromatic heterocycles. The van der Waals surface area contributed by atoms with Crippen LogP contribution in [-0.2, 0) is 9.59 Å². The lowest BCUT2D eigenvalue weighted by Crippen LogP contribution is -2.50. The summed E-state index contributed by atoms with van der Waals surface area (Å²) in [5.74, 6) is -0.151. The summed E-state index contributed by atoms with van der Waals surface area (Å²) in [6.45, 7) is 0.877. The fourth-order valence-electron chi connectivity index (χ4n) is 5.60. The Morgan fingerprint density at radius 3 is 2.20 bits per heavy atom. The lowest BCUT2D eigenvalue weighted by molar-refractivity contribution is -0.127. The van der Waals surface area contributed by atoms with Gasteiger partial charge in [0.1, 0.15) is 11.8 Å². The van der Waals surface area contributed by atoms with Crippen LogP contribution in [0.2, 0.25) is 0 Å². The Hall–Kier alpha value is -3.34. The van der Waals surface area contributed by atoms with Gasteiger partial charge in [-0.15, -0.1) is 0 Å². The number of rotatable bonds is 14. The van der Waals surface area contributed by atoms with E-state index in [-0.39, 0.29) is 11.9 Å². The zero-order valence-corrected chi connectivity index (χ0v) is 23.5. The highest BCUT2D eigenvalue weighted by molar-refractivity contribution is 6.00. The first-order chi connectivity index (χ1) is 19.2. The van der Waals surface area contributed by atoms with Crippen LogP contribution in [0, 0.1) is 11.8 Å². The highest BCUT2D eigenvalue weighted by Crippen LogP contribution is 2.31. The van der Waals surface area contributed by atoms with E-state index in [1.54, 1.807) is 18.2 Å². The number of nitrogens with zero attached hydrogens (tertiary/aromatic N) is 1. The summed E-state index contributed by atoms with van der Waals surface area (Å²) in [4.78, 5) is 42.3. The number of benzene rings is 1. The molecule has 2 atom stereocenters. The smallest absolute Gasteiger partial charge is 0.248 e. The summed E-state index contributed by atoms with van der Waals surface area (Å²) >= 11 is 0. The van der Waals surface area contributed by atoms with Gasteiger partial charge in [-0.1, -0.05) is 51.4 Å². The Morgan fingerprint density at radius 2 is 1.57 bits per heavy atom. The number of carbonyl (C=O) groups excluding carboxylic acids is 3. The maximum absolute atomic E-state index is 13.6. The third-order valence-corrected chi connectivity index (χ3v) is 7.95. The zero-order valence-electron chi connectivity index (χ0n) is 23.5. The fraction of sp³-hybridized carbons (Fsp3) is 0.655. The second kappa shape index (κ2) is 16.1. The molecule has 11 nitrogen and oxygen atoms in total. The number of hydrogen-bond donors (Lipinski definition) is 6. The lowest BCUT2D eigenvalue weighted by Gasteiger charge is -2.28. The summed E-state index contributed by atoms with van der Waals surface area (Å²) in [5, 5.41) is 5.84. The molecular weight excluding hydrogens is 510 g/mol. The number of primary amides is 1. The summed E-state index contributed by atoms with van der Waals surface area (Å²) in [5.41, 5.74) is 23.1. The molecule has 2 fully saturated rings. The van der Waals surface area contributed by atoms with E-state index in [0.29, 0.717) is 61.3 Å². The van der Waals surface area contributed by atoms with E-state index < -0.39 is 23.9 Å². The minimum Gasteiger partial charge on any atom is -0.491 e. The third-order valence-electron chi connectivity index (χ3n) is 7.95. The van der Waals surface area contributed by atoms with Gasteiger partial charge in [0.15, 0.2) is 5.96 Å². The molecule has 2 aliphatic carbocycles. The average molecular weight is 558 g/mol. The van der Waals surface area contributed by atoms with E-state index >= 15 is 0 Å². The van der Waals surface area contributed by atoms with Gasteiger partial charge in [-0.05, 0) is 62.1 Å². The van der Waals surface area contributed by atoms with E-state index in [0.717, 1.165) is 38.5 Å². The van der Waals surface area contributed by atoms with Gasteiger partial charge in [-0.2, -0.15) is 0 Å². The molecule has 0 saturated heterocycles. The second-order valence-electron chi connectivity index (χ2n) is 11.2. The number of hydrogen-bond acceptors (Lipinski definition) is 6. The number of carbonyl (C=O) groups is 3. The van der Waals surface area contributed by atoms with Gasteiger partial charge in [-0.25, -0.2) is 0 Å². The molecule has 0 unspecified atom stereocenters.